The van der Waals surface area contributed by atoms with Gasteiger partial charge in [-0.25, -0.2) is 0 Å². The third-order valence-corrected chi connectivity index (χ3v) is 3.28. The van der Waals surface area contributed by atoms with Gasteiger partial charge in [0.2, 0.25) is 0 Å². The molecule has 0 spiro atoms. The first kappa shape index (κ1) is 9.47. The molecule has 2 aliphatic heterocycles. The maximum atomic E-state index is 5.40. The molecule has 2 atom stereocenters. The van der Waals surface area contributed by atoms with E-state index in [0.29, 0.717) is 0 Å². The highest BCUT2D eigenvalue weighted by Gasteiger charge is 2.22. The van der Waals surface area contributed by atoms with Crippen LogP contribution in [0.25, 0.3) is 0 Å². The molecule has 1 unspecified atom stereocenters. The number of ether oxygens (including phenoxy) is 1. The molecule has 0 N–H and O–H groups in total. The van der Waals surface area contributed by atoms with E-state index in [1.807, 2.05) is 0 Å². The number of hydrogen-bond donors (Lipinski definition) is 0. The van der Waals surface area contributed by atoms with Gasteiger partial charge in [0, 0.05) is 19.7 Å². The summed E-state index contributed by atoms with van der Waals surface area (Å²) in [5.41, 5.74) is 0. The van der Waals surface area contributed by atoms with Crippen molar-refractivity contribution in [3.63, 3.8) is 0 Å². The summed E-state index contributed by atoms with van der Waals surface area (Å²) in [6.07, 6.45) is 4.11. The van der Waals surface area contributed by atoms with Crippen molar-refractivity contribution < 1.29 is 4.74 Å². The van der Waals surface area contributed by atoms with Crippen molar-refractivity contribution in [1.82, 2.24) is 4.90 Å². The van der Waals surface area contributed by atoms with Crippen LogP contribution in [0.3, 0.4) is 0 Å². The zero-order chi connectivity index (χ0) is 9.10. The largest absolute Gasteiger partial charge is 0.381 e. The van der Waals surface area contributed by atoms with Crippen LogP contribution < -0.4 is 0 Å². The molecule has 0 radical (unpaired) electrons. The maximum absolute atomic E-state index is 5.40. The van der Waals surface area contributed by atoms with Gasteiger partial charge < -0.3 is 9.64 Å². The number of likely N-dealkylation sites (tertiary alicyclic amines) is 1. The van der Waals surface area contributed by atoms with E-state index in [1.54, 1.807) is 0 Å². The van der Waals surface area contributed by atoms with E-state index in [2.05, 4.69) is 11.8 Å². The molecule has 2 nitrogen and oxygen atoms in total. The molecule has 2 rings (SSSR count). The summed E-state index contributed by atoms with van der Waals surface area (Å²) in [6, 6.07) is 0. The second kappa shape index (κ2) is 4.43. The van der Waals surface area contributed by atoms with Crippen LogP contribution in [0.4, 0.5) is 0 Å². The summed E-state index contributed by atoms with van der Waals surface area (Å²) in [5, 5.41) is 0. The molecule has 2 heteroatoms. The van der Waals surface area contributed by atoms with E-state index < -0.39 is 0 Å². The second-order valence-electron chi connectivity index (χ2n) is 4.74. The third-order valence-electron chi connectivity index (χ3n) is 3.28. The van der Waals surface area contributed by atoms with Gasteiger partial charge in [0.15, 0.2) is 0 Å². The Bertz CT molecular complexity index is 154. The van der Waals surface area contributed by atoms with E-state index in [4.69, 9.17) is 4.74 Å². The normalized spacial score (nSPS) is 36.7. The molecule has 0 bridgehead atoms. The third kappa shape index (κ3) is 2.68. The van der Waals surface area contributed by atoms with Gasteiger partial charge in [0.05, 0.1) is 6.61 Å². The average Bonchev–Trinajstić information content (AvgIpc) is 2.57. The average molecular weight is 183 g/mol. The Hall–Kier alpha value is -0.0800. The molecule has 0 aromatic rings. The van der Waals surface area contributed by atoms with E-state index in [9.17, 15) is 0 Å². The number of hydrogen-bond acceptors (Lipinski definition) is 2. The molecule has 2 fully saturated rings. The van der Waals surface area contributed by atoms with Crippen molar-refractivity contribution in [3.8, 4) is 0 Å². The quantitative estimate of drug-likeness (QED) is 0.647. The van der Waals surface area contributed by atoms with E-state index in [0.717, 1.165) is 25.0 Å². The molecule has 0 aromatic heterocycles. The Morgan fingerprint density at radius 2 is 2.31 bits per heavy atom. The Morgan fingerprint density at radius 3 is 3.00 bits per heavy atom. The topological polar surface area (TPSA) is 12.5 Å². The summed E-state index contributed by atoms with van der Waals surface area (Å²) >= 11 is 0. The Kier molecular flexibility index (Phi) is 3.23. The van der Waals surface area contributed by atoms with Crippen LogP contribution in [0.5, 0.6) is 0 Å². The van der Waals surface area contributed by atoms with Crippen LogP contribution in [-0.2, 0) is 4.74 Å². The van der Waals surface area contributed by atoms with Crippen molar-refractivity contribution in [3.05, 3.63) is 0 Å². The molecule has 2 saturated heterocycles. The zero-order valence-electron chi connectivity index (χ0n) is 8.67. The van der Waals surface area contributed by atoms with Crippen molar-refractivity contribution in [2.75, 3.05) is 32.8 Å². The van der Waals surface area contributed by atoms with Gasteiger partial charge in [0.25, 0.3) is 0 Å². The summed E-state index contributed by atoms with van der Waals surface area (Å²) < 4.78 is 5.40. The minimum atomic E-state index is 0.824. The lowest BCUT2D eigenvalue weighted by Crippen LogP contribution is -2.37. The number of nitrogens with zero attached hydrogens (tertiary/aromatic N) is 1. The lowest BCUT2D eigenvalue weighted by molar-refractivity contribution is 0.139. The van der Waals surface area contributed by atoms with Crippen molar-refractivity contribution in [2.45, 2.75) is 26.2 Å². The fraction of sp³-hybridized carbons (Fsp3) is 1.00. The molecular weight excluding hydrogens is 162 g/mol. The predicted octanol–water partition coefficient (Wildman–Crippen LogP) is 1.75. The summed E-state index contributed by atoms with van der Waals surface area (Å²) in [5.74, 6) is 1.74. The molecule has 0 amide bonds. The summed E-state index contributed by atoms with van der Waals surface area (Å²) in [7, 11) is 0. The van der Waals surface area contributed by atoms with Crippen molar-refractivity contribution in [1.29, 1.82) is 0 Å². The van der Waals surface area contributed by atoms with E-state index >= 15 is 0 Å². The van der Waals surface area contributed by atoms with Gasteiger partial charge >= 0.3 is 0 Å². The first-order valence-electron chi connectivity index (χ1n) is 5.64. The smallest absolute Gasteiger partial charge is 0.0507 e. The highest BCUT2D eigenvalue weighted by atomic mass is 16.5. The highest BCUT2D eigenvalue weighted by molar-refractivity contribution is 4.74. The first-order valence-corrected chi connectivity index (χ1v) is 5.64. The van der Waals surface area contributed by atoms with Gasteiger partial charge in [-0.2, -0.15) is 0 Å². The van der Waals surface area contributed by atoms with Crippen LogP contribution >= 0.6 is 0 Å². The molecule has 2 aliphatic rings. The molecular formula is C11H21NO. The van der Waals surface area contributed by atoms with Crippen LogP contribution in [0.15, 0.2) is 0 Å². The van der Waals surface area contributed by atoms with Gasteiger partial charge in [-0.05, 0) is 37.6 Å². The number of piperidine rings is 1. The van der Waals surface area contributed by atoms with E-state index in [-0.39, 0.29) is 0 Å². The van der Waals surface area contributed by atoms with Crippen molar-refractivity contribution >= 4 is 0 Å². The fourth-order valence-corrected chi connectivity index (χ4v) is 2.54. The van der Waals surface area contributed by atoms with Crippen LogP contribution in [0.2, 0.25) is 0 Å². The molecule has 0 saturated carbocycles. The summed E-state index contributed by atoms with van der Waals surface area (Å²) in [6.45, 7) is 8.29. The van der Waals surface area contributed by atoms with E-state index in [1.165, 1.54) is 38.9 Å². The SMILES string of the molecule is C[C@H]1CCCN(CC2CCOC2)C1. The molecule has 2 heterocycles. The highest BCUT2D eigenvalue weighted by Crippen LogP contribution is 2.19. The van der Waals surface area contributed by atoms with Gasteiger partial charge in [-0.3, -0.25) is 0 Å². The molecule has 76 valence electrons. The second-order valence-corrected chi connectivity index (χ2v) is 4.74. The Morgan fingerprint density at radius 1 is 1.38 bits per heavy atom. The predicted molar refractivity (Wildman–Crippen MR) is 53.8 cm³/mol. The number of rotatable bonds is 2. The lowest BCUT2D eigenvalue weighted by Gasteiger charge is -2.32. The van der Waals surface area contributed by atoms with Gasteiger partial charge in [-0.15, -0.1) is 0 Å². The Labute approximate surface area is 81.3 Å². The standard InChI is InChI=1S/C11H21NO/c1-10-3-2-5-12(7-10)8-11-4-6-13-9-11/h10-11H,2-9H2,1H3/t10-,11?/m0/s1. The fourth-order valence-electron chi connectivity index (χ4n) is 2.54. The van der Waals surface area contributed by atoms with Crippen molar-refractivity contribution in [2.24, 2.45) is 11.8 Å². The Balaban J connectivity index is 1.73. The molecule has 0 aromatic carbocycles. The van der Waals surface area contributed by atoms with Crippen LogP contribution in [0, 0.1) is 11.8 Å². The van der Waals surface area contributed by atoms with Crippen LogP contribution in [0.1, 0.15) is 26.2 Å². The minimum absolute atomic E-state index is 0.824. The minimum Gasteiger partial charge on any atom is -0.381 e. The summed E-state index contributed by atoms with van der Waals surface area (Å²) in [4.78, 5) is 2.63. The monoisotopic (exact) mass is 183 g/mol. The zero-order valence-corrected chi connectivity index (χ0v) is 8.67. The molecule has 13 heavy (non-hydrogen) atoms. The lowest BCUT2D eigenvalue weighted by atomic mass is 9.98. The van der Waals surface area contributed by atoms with Gasteiger partial charge in [-0.1, -0.05) is 6.92 Å². The maximum Gasteiger partial charge on any atom is 0.0507 e. The van der Waals surface area contributed by atoms with Gasteiger partial charge in [0.1, 0.15) is 0 Å². The first-order chi connectivity index (χ1) is 6.34. The van der Waals surface area contributed by atoms with Crippen LogP contribution in [-0.4, -0.2) is 37.7 Å². The molecule has 0 aliphatic carbocycles.